The van der Waals surface area contributed by atoms with Crippen LogP contribution in [0.4, 0.5) is 17.1 Å². The van der Waals surface area contributed by atoms with Crippen LogP contribution < -0.4 is 4.90 Å². The van der Waals surface area contributed by atoms with Crippen LogP contribution in [0.15, 0.2) is 156 Å². The Morgan fingerprint density at radius 2 is 1.09 bits per heavy atom. The Morgan fingerprint density at radius 3 is 2.00 bits per heavy atom. The van der Waals surface area contributed by atoms with Gasteiger partial charge in [0, 0.05) is 53.4 Å². The third-order valence-corrected chi connectivity index (χ3v) is 9.57. The van der Waals surface area contributed by atoms with Gasteiger partial charge in [-0.3, -0.25) is 0 Å². The maximum atomic E-state index is 6.36. The summed E-state index contributed by atoms with van der Waals surface area (Å²) in [6, 6.07) is 54.4. The summed E-state index contributed by atoms with van der Waals surface area (Å²) in [5.41, 5.74) is 7.61. The quantitative estimate of drug-likeness (QED) is 0.210. The molecule has 0 unspecified atom stereocenters. The van der Waals surface area contributed by atoms with E-state index >= 15 is 0 Å². The molecule has 0 bridgehead atoms. The van der Waals surface area contributed by atoms with E-state index in [1.807, 2.05) is 23.5 Å². The normalized spacial score (nSPS) is 11.7. The summed E-state index contributed by atoms with van der Waals surface area (Å²) in [5.74, 6) is 0. The standard InChI is InChI=1S/C40H25NOS/c1-2-9-26(10-3-1)27-11-8-12-29(23-27)41(31-19-22-35-34-14-5-7-16-38(34)43-39(35)25-31)30-18-21-32-28(24-30)17-20-36-33-13-4-6-15-37(33)42-40(32)36/h1-25H. The van der Waals surface area contributed by atoms with E-state index in [0.29, 0.717) is 0 Å². The third kappa shape index (κ3) is 3.93. The topological polar surface area (TPSA) is 16.4 Å². The summed E-state index contributed by atoms with van der Waals surface area (Å²) >= 11 is 1.85. The fourth-order valence-corrected chi connectivity index (χ4v) is 7.53. The Bertz CT molecular complexity index is 2470. The first-order valence-electron chi connectivity index (χ1n) is 14.5. The highest BCUT2D eigenvalue weighted by molar-refractivity contribution is 7.25. The Morgan fingerprint density at radius 1 is 0.419 bits per heavy atom. The molecule has 0 spiro atoms. The molecule has 0 aliphatic rings. The number of thiophene rings is 1. The summed E-state index contributed by atoms with van der Waals surface area (Å²) in [6.45, 7) is 0. The highest BCUT2D eigenvalue weighted by Gasteiger charge is 2.17. The Labute approximate surface area is 252 Å². The van der Waals surface area contributed by atoms with Gasteiger partial charge in [-0.1, -0.05) is 91.0 Å². The summed E-state index contributed by atoms with van der Waals surface area (Å²) in [5, 5.41) is 7.19. The van der Waals surface area contributed by atoms with Gasteiger partial charge in [-0.25, -0.2) is 0 Å². The van der Waals surface area contributed by atoms with Crippen molar-refractivity contribution in [3.63, 3.8) is 0 Å². The first-order chi connectivity index (χ1) is 21.3. The first kappa shape index (κ1) is 24.2. The fraction of sp³-hybridized carbons (Fsp3) is 0. The predicted molar refractivity (Wildman–Crippen MR) is 184 cm³/mol. The van der Waals surface area contributed by atoms with Gasteiger partial charge in [-0.15, -0.1) is 11.3 Å². The number of para-hydroxylation sites is 1. The van der Waals surface area contributed by atoms with Crippen LogP contribution in [-0.4, -0.2) is 0 Å². The molecule has 0 radical (unpaired) electrons. The zero-order chi connectivity index (χ0) is 28.3. The highest BCUT2D eigenvalue weighted by Crippen LogP contribution is 2.43. The second-order valence-corrected chi connectivity index (χ2v) is 12.1. The van der Waals surface area contributed by atoms with E-state index in [9.17, 15) is 0 Å². The van der Waals surface area contributed by atoms with E-state index in [-0.39, 0.29) is 0 Å². The number of rotatable bonds is 4. The van der Waals surface area contributed by atoms with Crippen molar-refractivity contribution in [2.75, 3.05) is 4.90 Å². The molecule has 2 aromatic heterocycles. The molecule has 9 rings (SSSR count). The minimum absolute atomic E-state index is 0.921. The van der Waals surface area contributed by atoms with Crippen molar-refractivity contribution < 1.29 is 4.42 Å². The van der Waals surface area contributed by atoms with E-state index in [1.165, 1.54) is 31.3 Å². The maximum absolute atomic E-state index is 6.36. The van der Waals surface area contributed by atoms with Crippen LogP contribution in [0.3, 0.4) is 0 Å². The van der Waals surface area contributed by atoms with Gasteiger partial charge < -0.3 is 9.32 Å². The van der Waals surface area contributed by atoms with Crippen molar-refractivity contribution in [2.45, 2.75) is 0 Å². The minimum Gasteiger partial charge on any atom is -0.455 e. The number of benzene rings is 7. The molecular weight excluding hydrogens is 543 g/mol. The second-order valence-electron chi connectivity index (χ2n) is 11.0. The largest absolute Gasteiger partial charge is 0.455 e. The number of furan rings is 1. The first-order valence-corrected chi connectivity index (χ1v) is 15.3. The van der Waals surface area contributed by atoms with Gasteiger partial charge in [-0.05, 0) is 77.2 Å². The van der Waals surface area contributed by atoms with Crippen molar-refractivity contribution in [2.24, 2.45) is 0 Å². The zero-order valence-electron chi connectivity index (χ0n) is 23.2. The molecule has 43 heavy (non-hydrogen) atoms. The van der Waals surface area contributed by atoms with Crippen molar-refractivity contribution in [1.29, 1.82) is 0 Å². The summed E-state index contributed by atoms with van der Waals surface area (Å²) in [7, 11) is 0. The number of nitrogens with zero attached hydrogens (tertiary/aromatic N) is 1. The molecule has 0 aliphatic heterocycles. The number of fused-ring (bicyclic) bond motifs is 8. The lowest BCUT2D eigenvalue weighted by atomic mass is 10.0. The number of anilines is 3. The van der Waals surface area contributed by atoms with Crippen molar-refractivity contribution in [3.05, 3.63) is 152 Å². The average molecular weight is 568 g/mol. The van der Waals surface area contributed by atoms with E-state index < -0.39 is 0 Å². The van der Waals surface area contributed by atoms with Gasteiger partial charge in [-0.2, -0.15) is 0 Å². The molecule has 0 saturated heterocycles. The lowest BCUT2D eigenvalue weighted by Crippen LogP contribution is -2.10. The van der Waals surface area contributed by atoms with Gasteiger partial charge in [0.25, 0.3) is 0 Å². The van der Waals surface area contributed by atoms with E-state index in [4.69, 9.17) is 4.42 Å². The molecule has 0 fully saturated rings. The molecule has 0 amide bonds. The van der Waals surface area contributed by atoms with Crippen LogP contribution in [0.25, 0.3) is 64.0 Å². The molecule has 0 atom stereocenters. The van der Waals surface area contributed by atoms with Gasteiger partial charge in [0.05, 0.1) is 0 Å². The van der Waals surface area contributed by atoms with Crippen LogP contribution in [0, 0.1) is 0 Å². The number of hydrogen-bond acceptors (Lipinski definition) is 3. The van der Waals surface area contributed by atoms with Crippen LogP contribution in [0.2, 0.25) is 0 Å². The predicted octanol–water partition coefficient (Wildman–Crippen LogP) is 12.2. The van der Waals surface area contributed by atoms with Gasteiger partial charge in [0.15, 0.2) is 0 Å². The van der Waals surface area contributed by atoms with Crippen molar-refractivity contribution >= 4 is 81.3 Å². The zero-order valence-corrected chi connectivity index (χ0v) is 24.0. The third-order valence-electron chi connectivity index (χ3n) is 8.43. The van der Waals surface area contributed by atoms with Gasteiger partial charge in [0.2, 0.25) is 0 Å². The molecule has 0 saturated carbocycles. The van der Waals surface area contributed by atoms with Crippen molar-refractivity contribution in [1.82, 2.24) is 0 Å². The highest BCUT2D eigenvalue weighted by atomic mass is 32.1. The lowest BCUT2D eigenvalue weighted by molar-refractivity contribution is 0.672. The van der Waals surface area contributed by atoms with Crippen LogP contribution in [-0.2, 0) is 0 Å². The Balaban J connectivity index is 1.25. The van der Waals surface area contributed by atoms with Gasteiger partial charge in [0.1, 0.15) is 11.2 Å². The van der Waals surface area contributed by atoms with Crippen molar-refractivity contribution in [3.8, 4) is 11.1 Å². The number of hydrogen-bond donors (Lipinski definition) is 0. The molecule has 2 heterocycles. The SMILES string of the molecule is c1ccc(-c2cccc(N(c3ccc4c(ccc5c6ccccc6oc45)c3)c3ccc4c(c3)sc3ccccc34)c2)cc1. The van der Waals surface area contributed by atoms with Gasteiger partial charge >= 0.3 is 0 Å². The lowest BCUT2D eigenvalue weighted by Gasteiger charge is -2.26. The summed E-state index contributed by atoms with van der Waals surface area (Å²) in [6.07, 6.45) is 0. The molecular formula is C40H25NOS. The second kappa shape index (κ2) is 9.59. The van der Waals surface area contributed by atoms with E-state index in [0.717, 1.165) is 49.8 Å². The van der Waals surface area contributed by atoms with E-state index in [2.05, 4.69) is 144 Å². The monoisotopic (exact) mass is 567 g/mol. The molecule has 9 aromatic rings. The maximum Gasteiger partial charge on any atom is 0.143 e. The fourth-order valence-electron chi connectivity index (χ4n) is 6.39. The average Bonchev–Trinajstić information content (AvgIpc) is 3.64. The molecule has 7 aromatic carbocycles. The molecule has 3 heteroatoms. The van der Waals surface area contributed by atoms with Crippen LogP contribution >= 0.6 is 11.3 Å². The minimum atomic E-state index is 0.921. The van der Waals surface area contributed by atoms with E-state index in [1.54, 1.807) is 0 Å². The summed E-state index contributed by atoms with van der Waals surface area (Å²) in [4.78, 5) is 2.37. The molecule has 0 aliphatic carbocycles. The smallest absolute Gasteiger partial charge is 0.143 e. The van der Waals surface area contributed by atoms with Crippen LogP contribution in [0.5, 0.6) is 0 Å². The molecule has 2 nitrogen and oxygen atoms in total. The Hall–Kier alpha value is -5.38. The van der Waals surface area contributed by atoms with Crippen LogP contribution in [0.1, 0.15) is 0 Å². The Kier molecular flexibility index (Phi) is 5.40. The summed E-state index contributed by atoms with van der Waals surface area (Å²) < 4.78 is 8.96. The molecule has 202 valence electrons. The molecule has 0 N–H and O–H groups in total.